The zero-order valence-electron chi connectivity index (χ0n) is 13.6. The van der Waals surface area contributed by atoms with Gasteiger partial charge in [0.1, 0.15) is 5.60 Å². The van der Waals surface area contributed by atoms with E-state index in [1.54, 1.807) is 0 Å². The van der Waals surface area contributed by atoms with Gasteiger partial charge in [-0.3, -0.25) is 4.79 Å². The second-order valence-electron chi connectivity index (χ2n) is 6.61. The minimum atomic E-state index is -0.511. The van der Waals surface area contributed by atoms with Crippen LogP contribution in [0.25, 0.3) is 0 Å². The zero-order valence-corrected chi connectivity index (χ0v) is 14.5. The molecule has 22 heavy (non-hydrogen) atoms. The lowest BCUT2D eigenvalue weighted by Gasteiger charge is -2.26. The number of alkyl carbamates (subject to hydrolysis) is 1. The molecule has 1 fully saturated rings. The Morgan fingerprint density at radius 1 is 1.45 bits per heavy atom. The van der Waals surface area contributed by atoms with Crippen molar-refractivity contribution in [2.45, 2.75) is 52.2 Å². The van der Waals surface area contributed by atoms with Crippen molar-refractivity contribution >= 4 is 23.3 Å². The van der Waals surface area contributed by atoms with Crippen molar-refractivity contribution in [1.29, 1.82) is 0 Å². The lowest BCUT2D eigenvalue weighted by Crippen LogP contribution is -2.44. The number of likely N-dealkylation sites (tertiary alicyclic amines) is 1. The number of nitrogens with one attached hydrogen (secondary N) is 1. The fourth-order valence-corrected chi connectivity index (χ4v) is 3.43. The van der Waals surface area contributed by atoms with E-state index in [1.165, 1.54) is 11.3 Å². The molecule has 1 aliphatic heterocycles. The van der Waals surface area contributed by atoms with Crippen LogP contribution in [0.3, 0.4) is 0 Å². The van der Waals surface area contributed by atoms with Gasteiger partial charge in [0, 0.05) is 19.1 Å². The molecule has 0 spiro atoms. The highest BCUT2D eigenvalue weighted by Gasteiger charge is 2.31. The summed E-state index contributed by atoms with van der Waals surface area (Å²) >= 11 is 1.48. The second kappa shape index (κ2) is 6.69. The normalized spacial score (nSPS) is 18.4. The van der Waals surface area contributed by atoms with Crippen molar-refractivity contribution in [3.63, 3.8) is 0 Å². The van der Waals surface area contributed by atoms with Gasteiger partial charge in [-0.25, -0.2) is 4.79 Å². The van der Waals surface area contributed by atoms with Crippen LogP contribution in [-0.4, -0.2) is 41.6 Å². The molecule has 1 atom stereocenters. The molecule has 2 heterocycles. The molecule has 0 aliphatic carbocycles. The molecule has 1 saturated heterocycles. The van der Waals surface area contributed by atoms with Gasteiger partial charge in [0.25, 0.3) is 5.91 Å². The number of ether oxygens (including phenoxy) is 1. The van der Waals surface area contributed by atoms with Crippen LogP contribution in [0.5, 0.6) is 0 Å². The van der Waals surface area contributed by atoms with Crippen LogP contribution >= 0.6 is 11.3 Å². The van der Waals surface area contributed by atoms with Crippen LogP contribution < -0.4 is 5.32 Å². The van der Waals surface area contributed by atoms with E-state index in [9.17, 15) is 9.59 Å². The number of carbonyl (C=O) groups is 2. The van der Waals surface area contributed by atoms with Gasteiger partial charge in [-0.05, 0) is 57.5 Å². The quantitative estimate of drug-likeness (QED) is 0.929. The summed E-state index contributed by atoms with van der Waals surface area (Å²) in [7, 11) is 0. The Balaban J connectivity index is 1.93. The van der Waals surface area contributed by atoms with E-state index in [0.29, 0.717) is 6.54 Å². The Morgan fingerprint density at radius 3 is 2.77 bits per heavy atom. The summed E-state index contributed by atoms with van der Waals surface area (Å²) in [5.41, 5.74) is 0.504. The Kier molecular flexibility index (Phi) is 5.11. The Labute approximate surface area is 135 Å². The third-order valence-electron chi connectivity index (χ3n) is 3.58. The third-order valence-corrected chi connectivity index (χ3v) is 4.58. The van der Waals surface area contributed by atoms with Crippen molar-refractivity contribution in [3.8, 4) is 0 Å². The molecular formula is C16H24N2O3S. The monoisotopic (exact) mass is 324 g/mol. The van der Waals surface area contributed by atoms with E-state index >= 15 is 0 Å². The lowest BCUT2D eigenvalue weighted by molar-refractivity contribution is 0.0502. The summed E-state index contributed by atoms with van der Waals surface area (Å²) in [6, 6.07) is 2.00. The molecule has 5 nitrogen and oxygen atoms in total. The average Bonchev–Trinajstić information content (AvgIpc) is 3.02. The van der Waals surface area contributed by atoms with Gasteiger partial charge >= 0.3 is 6.09 Å². The van der Waals surface area contributed by atoms with Crippen molar-refractivity contribution in [2.75, 3.05) is 13.1 Å². The molecule has 0 aromatic carbocycles. The Morgan fingerprint density at radius 2 is 2.18 bits per heavy atom. The highest BCUT2D eigenvalue weighted by Crippen LogP contribution is 2.24. The van der Waals surface area contributed by atoms with Gasteiger partial charge < -0.3 is 15.0 Å². The largest absolute Gasteiger partial charge is 0.444 e. The fraction of sp³-hybridized carbons (Fsp3) is 0.625. The summed E-state index contributed by atoms with van der Waals surface area (Å²) in [6.07, 6.45) is 1.45. The van der Waals surface area contributed by atoms with E-state index < -0.39 is 11.7 Å². The number of hydrogen-bond donors (Lipinski definition) is 1. The number of rotatable bonds is 3. The predicted octanol–water partition coefficient (Wildman–Crippen LogP) is 3.19. The van der Waals surface area contributed by atoms with Crippen molar-refractivity contribution in [2.24, 2.45) is 0 Å². The third kappa shape index (κ3) is 4.22. The highest BCUT2D eigenvalue weighted by atomic mass is 32.1. The SMILES string of the molecule is Cc1ccsc1C(=O)N1CCC[C@@H]1CNC(=O)OC(C)(C)C. The predicted molar refractivity (Wildman–Crippen MR) is 87.4 cm³/mol. The van der Waals surface area contributed by atoms with Gasteiger partial charge in [-0.2, -0.15) is 0 Å². The maximum Gasteiger partial charge on any atom is 0.407 e. The smallest absolute Gasteiger partial charge is 0.407 e. The first-order chi connectivity index (χ1) is 10.3. The van der Waals surface area contributed by atoms with Gasteiger partial charge in [0.2, 0.25) is 0 Å². The maximum absolute atomic E-state index is 12.6. The lowest BCUT2D eigenvalue weighted by atomic mass is 10.2. The van der Waals surface area contributed by atoms with E-state index in [0.717, 1.165) is 29.8 Å². The minimum Gasteiger partial charge on any atom is -0.444 e. The van der Waals surface area contributed by atoms with Crippen LogP contribution in [0.1, 0.15) is 48.8 Å². The Bertz CT molecular complexity index is 548. The maximum atomic E-state index is 12.6. The minimum absolute atomic E-state index is 0.0431. The van der Waals surface area contributed by atoms with Crippen LogP contribution in [0.4, 0.5) is 4.79 Å². The topological polar surface area (TPSA) is 58.6 Å². The van der Waals surface area contributed by atoms with Crippen LogP contribution in [0.15, 0.2) is 11.4 Å². The molecule has 122 valence electrons. The van der Waals surface area contributed by atoms with Crippen molar-refractivity contribution in [3.05, 3.63) is 21.9 Å². The van der Waals surface area contributed by atoms with Gasteiger partial charge in [0.15, 0.2) is 0 Å². The van der Waals surface area contributed by atoms with Crippen molar-refractivity contribution in [1.82, 2.24) is 10.2 Å². The molecule has 2 amide bonds. The first kappa shape index (κ1) is 16.8. The summed E-state index contributed by atoms with van der Waals surface area (Å²) in [4.78, 5) is 27.0. The molecule has 1 N–H and O–H groups in total. The average molecular weight is 324 g/mol. The summed E-state index contributed by atoms with van der Waals surface area (Å²) in [5.74, 6) is 0.0704. The molecule has 1 aromatic rings. The molecular weight excluding hydrogens is 300 g/mol. The van der Waals surface area contributed by atoms with Crippen molar-refractivity contribution < 1.29 is 14.3 Å². The van der Waals surface area contributed by atoms with Crippen LogP contribution in [0, 0.1) is 6.92 Å². The standard InChI is InChI=1S/C16H24N2O3S/c1-11-7-9-22-13(11)14(19)18-8-5-6-12(18)10-17-15(20)21-16(2,3)4/h7,9,12H,5-6,8,10H2,1-4H3,(H,17,20)/t12-/m1/s1. The van der Waals surface area contributed by atoms with Crippen LogP contribution in [0.2, 0.25) is 0 Å². The van der Waals surface area contributed by atoms with Gasteiger partial charge in [0.05, 0.1) is 4.88 Å². The Hall–Kier alpha value is -1.56. The number of amides is 2. The van der Waals surface area contributed by atoms with E-state index in [1.807, 2.05) is 44.0 Å². The highest BCUT2D eigenvalue weighted by molar-refractivity contribution is 7.12. The molecule has 6 heteroatoms. The molecule has 0 unspecified atom stereocenters. The van der Waals surface area contributed by atoms with E-state index in [4.69, 9.17) is 4.74 Å². The molecule has 1 aliphatic rings. The van der Waals surface area contributed by atoms with Gasteiger partial charge in [-0.1, -0.05) is 0 Å². The number of aryl methyl sites for hydroxylation is 1. The number of nitrogens with zero attached hydrogens (tertiary/aromatic N) is 1. The summed E-state index contributed by atoms with van der Waals surface area (Å²) in [5, 5.41) is 4.71. The second-order valence-corrected chi connectivity index (χ2v) is 7.53. The first-order valence-corrected chi connectivity index (χ1v) is 8.48. The number of thiophene rings is 1. The fourth-order valence-electron chi connectivity index (χ4n) is 2.55. The van der Waals surface area contributed by atoms with Gasteiger partial charge in [-0.15, -0.1) is 11.3 Å². The number of carbonyl (C=O) groups excluding carboxylic acids is 2. The molecule has 0 radical (unpaired) electrons. The van der Waals surface area contributed by atoms with Crippen LogP contribution in [-0.2, 0) is 4.74 Å². The zero-order chi connectivity index (χ0) is 16.3. The number of hydrogen-bond acceptors (Lipinski definition) is 4. The summed E-state index contributed by atoms with van der Waals surface area (Å²) in [6.45, 7) is 8.63. The molecule has 0 saturated carbocycles. The van der Waals surface area contributed by atoms with E-state index in [2.05, 4.69) is 5.32 Å². The van der Waals surface area contributed by atoms with E-state index in [-0.39, 0.29) is 11.9 Å². The molecule has 2 rings (SSSR count). The summed E-state index contributed by atoms with van der Waals surface area (Å²) < 4.78 is 5.23. The molecule has 0 bridgehead atoms. The molecule has 1 aromatic heterocycles. The first-order valence-electron chi connectivity index (χ1n) is 7.60.